The average molecular weight is 377 g/mol. The third kappa shape index (κ3) is 4.36. The summed E-state index contributed by atoms with van der Waals surface area (Å²) in [6.07, 6.45) is 2.55. The number of imidazole rings is 1. The number of sulfonamides is 1. The number of benzene rings is 1. The number of rotatable bonds is 8. The second kappa shape index (κ2) is 7.67. The highest BCUT2D eigenvalue weighted by Gasteiger charge is 2.14. The van der Waals surface area contributed by atoms with Crippen LogP contribution in [0.5, 0.6) is 0 Å². The lowest BCUT2D eigenvalue weighted by Gasteiger charge is -2.11. The van der Waals surface area contributed by atoms with Crippen LogP contribution in [0.4, 0.5) is 0 Å². The molecule has 0 aliphatic heterocycles. The molecule has 8 nitrogen and oxygen atoms in total. The van der Waals surface area contributed by atoms with Crippen molar-refractivity contribution >= 4 is 32.0 Å². The van der Waals surface area contributed by atoms with E-state index in [1.165, 1.54) is 0 Å². The van der Waals surface area contributed by atoms with Gasteiger partial charge in [0.05, 0.1) is 35.4 Å². The zero-order valence-corrected chi connectivity index (χ0v) is 15.4. The van der Waals surface area contributed by atoms with Crippen molar-refractivity contribution in [1.82, 2.24) is 14.5 Å². The van der Waals surface area contributed by atoms with Gasteiger partial charge in [-0.3, -0.25) is 0 Å². The molecular formula is C17H23N5O3S. The van der Waals surface area contributed by atoms with E-state index in [9.17, 15) is 8.42 Å². The van der Waals surface area contributed by atoms with Gasteiger partial charge < -0.3 is 15.0 Å². The van der Waals surface area contributed by atoms with Crippen LogP contribution in [0.1, 0.15) is 25.5 Å². The fourth-order valence-corrected chi connectivity index (χ4v) is 3.52. The minimum Gasteiger partial charge on any atom is -0.358 e. The van der Waals surface area contributed by atoms with Crippen LogP contribution in [-0.2, 0) is 27.9 Å². The van der Waals surface area contributed by atoms with Crippen molar-refractivity contribution in [2.45, 2.75) is 39.1 Å². The lowest BCUT2D eigenvalue weighted by molar-refractivity contribution is 0.0564. The van der Waals surface area contributed by atoms with Gasteiger partial charge in [-0.15, -0.1) is 0 Å². The first-order valence-corrected chi connectivity index (χ1v) is 10.2. The predicted octanol–water partition coefficient (Wildman–Crippen LogP) is 1.47. The van der Waals surface area contributed by atoms with Gasteiger partial charge in [0.15, 0.2) is 0 Å². The van der Waals surface area contributed by atoms with Gasteiger partial charge in [-0.25, -0.2) is 23.5 Å². The van der Waals surface area contributed by atoms with E-state index in [0.717, 1.165) is 27.6 Å². The molecule has 9 heteroatoms. The molecule has 26 heavy (non-hydrogen) atoms. The SMILES string of the molecule is CC(N)OCc1nc2ccccc2c2c1ncn2CCCCS(N)(=O)=O. The Bertz CT molecular complexity index is 1010. The van der Waals surface area contributed by atoms with Crippen molar-refractivity contribution < 1.29 is 13.2 Å². The molecule has 140 valence electrons. The number of ether oxygens (including phenoxy) is 1. The van der Waals surface area contributed by atoms with Crippen LogP contribution in [0.15, 0.2) is 30.6 Å². The van der Waals surface area contributed by atoms with Gasteiger partial charge in [-0.05, 0) is 25.8 Å². The minimum atomic E-state index is -3.43. The van der Waals surface area contributed by atoms with E-state index in [4.69, 9.17) is 15.6 Å². The van der Waals surface area contributed by atoms with E-state index in [1.54, 1.807) is 13.3 Å². The number of para-hydroxylation sites is 1. The zero-order chi connectivity index (χ0) is 18.7. The van der Waals surface area contributed by atoms with Crippen molar-refractivity contribution in [3.63, 3.8) is 0 Å². The number of nitrogens with zero attached hydrogens (tertiary/aromatic N) is 3. The van der Waals surface area contributed by atoms with Gasteiger partial charge in [0, 0.05) is 11.9 Å². The summed E-state index contributed by atoms with van der Waals surface area (Å²) in [6.45, 7) is 2.69. The van der Waals surface area contributed by atoms with Crippen molar-refractivity contribution in [1.29, 1.82) is 0 Å². The average Bonchev–Trinajstić information content (AvgIpc) is 3.00. The molecular weight excluding hydrogens is 354 g/mol. The van der Waals surface area contributed by atoms with Crippen molar-refractivity contribution in [2.75, 3.05) is 5.75 Å². The van der Waals surface area contributed by atoms with E-state index < -0.39 is 16.3 Å². The molecule has 1 unspecified atom stereocenters. The molecule has 0 fully saturated rings. The highest BCUT2D eigenvalue weighted by molar-refractivity contribution is 7.89. The molecule has 0 amide bonds. The van der Waals surface area contributed by atoms with E-state index in [-0.39, 0.29) is 12.4 Å². The number of fused-ring (bicyclic) bond motifs is 3. The quantitative estimate of drug-likeness (QED) is 0.452. The number of unbranched alkanes of at least 4 members (excludes halogenated alkanes) is 1. The van der Waals surface area contributed by atoms with Crippen LogP contribution in [0.25, 0.3) is 21.9 Å². The second-order valence-corrected chi connectivity index (χ2v) is 8.04. The smallest absolute Gasteiger partial charge is 0.209 e. The molecule has 0 saturated heterocycles. The maximum atomic E-state index is 11.1. The number of hydrogen-bond donors (Lipinski definition) is 2. The summed E-state index contributed by atoms with van der Waals surface area (Å²) in [6, 6.07) is 7.84. The lowest BCUT2D eigenvalue weighted by atomic mass is 10.1. The summed E-state index contributed by atoms with van der Waals surface area (Å²) in [7, 11) is -3.43. The minimum absolute atomic E-state index is 0.0184. The second-order valence-electron chi connectivity index (χ2n) is 6.30. The number of pyridine rings is 1. The highest BCUT2D eigenvalue weighted by atomic mass is 32.2. The third-order valence-electron chi connectivity index (χ3n) is 4.09. The lowest BCUT2D eigenvalue weighted by Crippen LogP contribution is -2.19. The van der Waals surface area contributed by atoms with Crippen LogP contribution >= 0.6 is 0 Å². The monoisotopic (exact) mass is 377 g/mol. The van der Waals surface area contributed by atoms with Gasteiger partial charge >= 0.3 is 0 Å². The molecule has 3 aromatic rings. The summed E-state index contributed by atoms with van der Waals surface area (Å²) in [4.78, 5) is 9.18. The summed E-state index contributed by atoms with van der Waals surface area (Å²) in [5, 5.41) is 6.05. The van der Waals surface area contributed by atoms with E-state index in [2.05, 4.69) is 9.97 Å². The Morgan fingerprint density at radius 3 is 2.77 bits per heavy atom. The number of hydrogen-bond acceptors (Lipinski definition) is 6. The molecule has 0 spiro atoms. The molecule has 0 radical (unpaired) electrons. The maximum absolute atomic E-state index is 11.1. The Hall–Kier alpha value is -2.07. The number of aryl methyl sites for hydroxylation is 1. The Labute approximate surface area is 152 Å². The molecule has 0 aliphatic rings. The van der Waals surface area contributed by atoms with Crippen molar-refractivity contribution in [3.05, 3.63) is 36.3 Å². The topological polar surface area (TPSA) is 126 Å². The van der Waals surface area contributed by atoms with Crippen LogP contribution in [0.2, 0.25) is 0 Å². The van der Waals surface area contributed by atoms with E-state index >= 15 is 0 Å². The maximum Gasteiger partial charge on any atom is 0.209 e. The zero-order valence-electron chi connectivity index (χ0n) is 14.6. The fourth-order valence-electron chi connectivity index (χ4n) is 2.91. The first-order chi connectivity index (χ1) is 12.3. The van der Waals surface area contributed by atoms with E-state index in [1.807, 2.05) is 28.8 Å². The Balaban J connectivity index is 1.94. The van der Waals surface area contributed by atoms with Crippen LogP contribution in [-0.4, -0.2) is 34.9 Å². The molecule has 3 rings (SSSR count). The Morgan fingerprint density at radius 1 is 1.27 bits per heavy atom. The molecule has 0 aliphatic carbocycles. The number of nitrogens with two attached hydrogens (primary N) is 2. The summed E-state index contributed by atoms with van der Waals surface area (Å²) < 4.78 is 29.7. The molecule has 2 heterocycles. The highest BCUT2D eigenvalue weighted by Crippen LogP contribution is 2.26. The van der Waals surface area contributed by atoms with Crippen LogP contribution in [0, 0.1) is 0 Å². The fraction of sp³-hybridized carbons (Fsp3) is 0.412. The summed E-state index contributed by atoms with van der Waals surface area (Å²) in [5.74, 6) is -0.0184. The molecule has 1 aromatic carbocycles. The number of aromatic nitrogens is 3. The van der Waals surface area contributed by atoms with Gasteiger partial charge in [0.2, 0.25) is 10.0 Å². The Morgan fingerprint density at radius 2 is 2.04 bits per heavy atom. The van der Waals surface area contributed by atoms with Gasteiger partial charge in [0.1, 0.15) is 11.7 Å². The molecule has 2 aromatic heterocycles. The van der Waals surface area contributed by atoms with Gasteiger partial charge in [0.25, 0.3) is 0 Å². The van der Waals surface area contributed by atoms with Crippen LogP contribution in [0.3, 0.4) is 0 Å². The summed E-state index contributed by atoms with van der Waals surface area (Å²) in [5.41, 5.74) is 9.02. The third-order valence-corrected chi connectivity index (χ3v) is 4.94. The number of primary sulfonamides is 1. The van der Waals surface area contributed by atoms with Gasteiger partial charge in [-0.1, -0.05) is 18.2 Å². The molecule has 0 saturated carbocycles. The van der Waals surface area contributed by atoms with E-state index in [0.29, 0.717) is 19.4 Å². The molecule has 1 atom stereocenters. The van der Waals surface area contributed by atoms with Gasteiger partial charge in [-0.2, -0.15) is 0 Å². The van der Waals surface area contributed by atoms with Crippen LogP contribution < -0.4 is 10.9 Å². The Kier molecular flexibility index (Phi) is 5.52. The van der Waals surface area contributed by atoms with Crippen molar-refractivity contribution in [2.24, 2.45) is 10.9 Å². The predicted molar refractivity (Wildman–Crippen MR) is 101 cm³/mol. The first kappa shape index (κ1) is 18.7. The molecule has 4 N–H and O–H groups in total. The normalized spacial score (nSPS) is 13.5. The summed E-state index contributed by atoms with van der Waals surface area (Å²) >= 11 is 0. The standard InChI is InChI=1S/C17H23N5O3S/c1-12(18)25-10-15-16-17(13-6-2-3-7-14(13)21-15)22(11-20-16)8-4-5-9-26(19,23)24/h2-3,6-7,11-12H,4-5,8-10,18H2,1H3,(H2,19,23,24). The molecule has 0 bridgehead atoms. The first-order valence-electron chi connectivity index (χ1n) is 8.45. The van der Waals surface area contributed by atoms with Crippen molar-refractivity contribution in [3.8, 4) is 0 Å². The largest absolute Gasteiger partial charge is 0.358 e.